The minimum absolute atomic E-state index is 0.0886. The lowest BCUT2D eigenvalue weighted by Crippen LogP contribution is -2.61. The number of aromatic nitrogens is 2. The second-order valence-corrected chi connectivity index (χ2v) is 9.89. The monoisotopic (exact) mass is 483 g/mol. The van der Waals surface area contributed by atoms with Crippen LogP contribution >= 0.6 is 23.2 Å². The Kier molecular flexibility index (Phi) is 4.90. The van der Waals surface area contributed by atoms with Gasteiger partial charge in [-0.3, -0.25) is 9.48 Å². The number of carbonyl (C=O) groups is 2. The smallest absolute Gasteiger partial charge is 0.318 e. The van der Waals surface area contributed by atoms with Crippen molar-refractivity contribution in [2.24, 2.45) is 11.1 Å². The summed E-state index contributed by atoms with van der Waals surface area (Å²) in [7, 11) is 0. The molecule has 2 aliphatic carbocycles. The third-order valence-corrected chi connectivity index (χ3v) is 7.40. The summed E-state index contributed by atoms with van der Waals surface area (Å²) in [5.74, 6) is -3.21. The van der Waals surface area contributed by atoms with Crippen molar-refractivity contribution in [3.05, 3.63) is 39.5 Å². The predicted molar refractivity (Wildman–Crippen MR) is 115 cm³/mol. The lowest BCUT2D eigenvalue weighted by Gasteiger charge is -2.57. The largest absolute Gasteiger partial charge is 0.365 e. The Bertz CT molecular complexity index is 1120. The molecule has 0 unspecified atom stereocenters. The molecule has 2 aromatic rings. The van der Waals surface area contributed by atoms with Crippen molar-refractivity contribution in [2.75, 3.05) is 6.54 Å². The molecule has 3 aliphatic rings. The molecule has 2 saturated carbocycles. The van der Waals surface area contributed by atoms with Crippen LogP contribution in [0.1, 0.15) is 41.7 Å². The first-order valence-corrected chi connectivity index (χ1v) is 11.1. The van der Waals surface area contributed by atoms with E-state index in [0.29, 0.717) is 52.9 Å². The predicted octanol–water partition coefficient (Wildman–Crippen LogP) is 4.06. The quantitative estimate of drug-likeness (QED) is 0.689. The zero-order valence-corrected chi connectivity index (χ0v) is 18.5. The van der Waals surface area contributed by atoms with Gasteiger partial charge in [-0.25, -0.2) is 13.6 Å². The van der Waals surface area contributed by atoms with E-state index in [-0.39, 0.29) is 42.4 Å². The van der Waals surface area contributed by atoms with Crippen molar-refractivity contribution >= 4 is 35.1 Å². The molecule has 0 atom stereocenters. The SMILES string of the molecule is NC(=O)c1c(-c2ccc(Cl)c(Cl)c2)nn2c1CN(C(=O)NC1CC3(C1)CC(F)(F)C3)CC2. The molecule has 3 N–H and O–H groups in total. The number of nitrogens with one attached hydrogen (secondary N) is 1. The molecule has 3 amide bonds. The van der Waals surface area contributed by atoms with Crippen LogP contribution in [0, 0.1) is 5.41 Å². The summed E-state index contributed by atoms with van der Waals surface area (Å²) < 4.78 is 28.1. The van der Waals surface area contributed by atoms with E-state index in [4.69, 9.17) is 28.9 Å². The van der Waals surface area contributed by atoms with Gasteiger partial charge in [0, 0.05) is 31.0 Å². The molecule has 2 fully saturated rings. The number of halogens is 4. The zero-order chi connectivity index (χ0) is 22.8. The fourth-order valence-electron chi connectivity index (χ4n) is 5.28. The van der Waals surface area contributed by atoms with Crippen LogP contribution in [0.15, 0.2) is 18.2 Å². The number of urea groups is 1. The summed E-state index contributed by atoms with van der Waals surface area (Å²) in [6.45, 7) is 0.953. The molecule has 1 spiro atoms. The number of primary amides is 1. The van der Waals surface area contributed by atoms with E-state index >= 15 is 0 Å². The van der Waals surface area contributed by atoms with Gasteiger partial charge in [-0.2, -0.15) is 5.10 Å². The van der Waals surface area contributed by atoms with Crippen LogP contribution in [0.25, 0.3) is 11.3 Å². The van der Waals surface area contributed by atoms with Gasteiger partial charge in [0.25, 0.3) is 5.91 Å². The molecular formula is C21H21Cl2F2N5O2. The molecule has 1 aliphatic heterocycles. The number of nitrogens with zero attached hydrogens (tertiary/aromatic N) is 3. The Labute approximate surface area is 192 Å². The van der Waals surface area contributed by atoms with Crippen molar-refractivity contribution in [3.63, 3.8) is 0 Å². The van der Waals surface area contributed by atoms with E-state index < -0.39 is 11.8 Å². The minimum atomic E-state index is -2.56. The lowest BCUT2D eigenvalue weighted by molar-refractivity contribution is -0.197. The van der Waals surface area contributed by atoms with Crippen molar-refractivity contribution in [2.45, 2.75) is 50.7 Å². The molecule has 1 aromatic carbocycles. The molecule has 0 radical (unpaired) electrons. The average molecular weight is 484 g/mol. The third kappa shape index (κ3) is 3.61. The van der Waals surface area contributed by atoms with E-state index in [9.17, 15) is 18.4 Å². The van der Waals surface area contributed by atoms with Gasteiger partial charge in [-0.1, -0.05) is 29.3 Å². The highest BCUT2D eigenvalue weighted by Gasteiger charge is 2.62. The first-order chi connectivity index (χ1) is 15.1. The van der Waals surface area contributed by atoms with Crippen molar-refractivity contribution < 1.29 is 18.4 Å². The molecule has 170 valence electrons. The molecule has 11 heteroatoms. The molecule has 0 saturated heterocycles. The third-order valence-electron chi connectivity index (χ3n) is 6.66. The number of rotatable bonds is 3. The Morgan fingerprint density at radius 1 is 1.16 bits per heavy atom. The van der Waals surface area contributed by atoms with Crippen LogP contribution < -0.4 is 11.1 Å². The van der Waals surface area contributed by atoms with Gasteiger partial charge in [-0.05, 0) is 30.4 Å². The van der Waals surface area contributed by atoms with Crippen molar-refractivity contribution in [1.29, 1.82) is 0 Å². The fraction of sp³-hybridized carbons (Fsp3) is 0.476. The van der Waals surface area contributed by atoms with Gasteiger partial charge in [0.05, 0.1) is 34.4 Å². The first-order valence-electron chi connectivity index (χ1n) is 10.3. The van der Waals surface area contributed by atoms with Gasteiger partial charge in [0.15, 0.2) is 0 Å². The highest BCUT2D eigenvalue weighted by molar-refractivity contribution is 6.42. The van der Waals surface area contributed by atoms with Crippen LogP contribution in [-0.4, -0.2) is 45.1 Å². The number of hydrogen-bond donors (Lipinski definition) is 2. The van der Waals surface area contributed by atoms with Crippen LogP contribution in [0.3, 0.4) is 0 Å². The van der Waals surface area contributed by atoms with E-state index in [0.717, 1.165) is 0 Å². The second kappa shape index (κ2) is 7.31. The number of fused-ring (bicyclic) bond motifs is 1. The molecule has 0 bridgehead atoms. The summed E-state index contributed by atoms with van der Waals surface area (Å²) in [5, 5.41) is 8.17. The Morgan fingerprint density at radius 2 is 1.88 bits per heavy atom. The summed E-state index contributed by atoms with van der Waals surface area (Å²) in [6, 6.07) is 4.55. The van der Waals surface area contributed by atoms with Crippen LogP contribution in [-0.2, 0) is 13.1 Å². The average Bonchev–Trinajstić information content (AvgIpc) is 3.06. The Hall–Kier alpha value is -2.39. The summed E-state index contributed by atoms with van der Waals surface area (Å²) >= 11 is 12.1. The van der Waals surface area contributed by atoms with Gasteiger partial charge >= 0.3 is 6.03 Å². The maximum absolute atomic E-state index is 13.2. The van der Waals surface area contributed by atoms with E-state index in [1.165, 1.54) is 0 Å². The second-order valence-electron chi connectivity index (χ2n) is 9.07. The minimum Gasteiger partial charge on any atom is -0.365 e. The van der Waals surface area contributed by atoms with Crippen LogP contribution in [0.5, 0.6) is 0 Å². The van der Waals surface area contributed by atoms with E-state index in [1.807, 2.05) is 0 Å². The maximum Gasteiger partial charge on any atom is 0.318 e. The highest BCUT2D eigenvalue weighted by atomic mass is 35.5. The normalized spacial score (nSPS) is 20.9. The van der Waals surface area contributed by atoms with Gasteiger partial charge < -0.3 is 16.0 Å². The Balaban J connectivity index is 1.31. The highest BCUT2D eigenvalue weighted by Crippen LogP contribution is 2.62. The fourth-order valence-corrected chi connectivity index (χ4v) is 5.58. The Morgan fingerprint density at radius 3 is 2.50 bits per heavy atom. The first kappa shape index (κ1) is 21.5. The molecule has 7 nitrogen and oxygen atoms in total. The van der Waals surface area contributed by atoms with Gasteiger partial charge in [0.1, 0.15) is 5.69 Å². The standard InChI is InChI=1S/C21H21Cl2F2N5O2/c22-13-2-1-11(5-14(13)23)17-16(18(26)31)15-8-29(3-4-30(15)28-17)19(32)27-12-6-20(7-12)9-21(24,25)10-20/h1-2,5,12H,3-4,6-10H2,(H2,26,31)(H,27,32). The van der Waals surface area contributed by atoms with Gasteiger partial charge in [-0.15, -0.1) is 0 Å². The molecular weight excluding hydrogens is 463 g/mol. The molecule has 5 rings (SSSR count). The molecule has 1 aromatic heterocycles. The number of hydrogen-bond acceptors (Lipinski definition) is 3. The van der Waals surface area contributed by atoms with Crippen molar-refractivity contribution in [3.8, 4) is 11.3 Å². The van der Waals surface area contributed by atoms with E-state index in [1.54, 1.807) is 27.8 Å². The van der Waals surface area contributed by atoms with Crippen LogP contribution in [0.2, 0.25) is 10.0 Å². The number of benzene rings is 1. The maximum atomic E-state index is 13.2. The van der Waals surface area contributed by atoms with E-state index in [2.05, 4.69) is 10.4 Å². The number of alkyl halides is 2. The lowest BCUT2D eigenvalue weighted by atomic mass is 9.52. The number of nitrogens with two attached hydrogens (primary N) is 1. The summed E-state index contributed by atoms with van der Waals surface area (Å²) in [5.41, 5.74) is 7.12. The number of carbonyl (C=O) groups excluding carboxylic acids is 2. The molecule has 2 heterocycles. The number of amides is 3. The van der Waals surface area contributed by atoms with Crippen molar-refractivity contribution in [1.82, 2.24) is 20.0 Å². The topological polar surface area (TPSA) is 93.2 Å². The zero-order valence-electron chi connectivity index (χ0n) is 17.0. The summed E-state index contributed by atoms with van der Waals surface area (Å²) in [6.07, 6.45) is 0.978. The van der Waals surface area contributed by atoms with Crippen LogP contribution in [0.4, 0.5) is 13.6 Å². The molecule has 32 heavy (non-hydrogen) atoms. The van der Waals surface area contributed by atoms with Gasteiger partial charge in [0.2, 0.25) is 5.92 Å². The summed E-state index contributed by atoms with van der Waals surface area (Å²) in [4.78, 5) is 26.7.